The Morgan fingerprint density at radius 1 is 1.18 bits per heavy atom. The largest absolute Gasteiger partial charge is 0.383 e. The van der Waals surface area contributed by atoms with Crippen LogP contribution >= 0.6 is 11.3 Å². The standard InChI is InChI=1S/C22H26N4OS/c1-4-26(12-13-27-3)22-25-20(16-28-22)17(2)14-23-21-11-10-19(15-24-21)18-8-6-5-7-9-18/h5-11,14-17H,4,12-13H2,1-3H3. The van der Waals surface area contributed by atoms with Crippen molar-refractivity contribution in [2.45, 2.75) is 19.8 Å². The number of aliphatic imine (C=N–C) groups is 1. The second kappa shape index (κ2) is 10.1. The molecule has 3 aromatic rings. The van der Waals surface area contributed by atoms with E-state index >= 15 is 0 Å². The summed E-state index contributed by atoms with van der Waals surface area (Å²) in [5.41, 5.74) is 3.27. The number of likely N-dealkylation sites (N-methyl/N-ethyl adjacent to an activating group) is 1. The van der Waals surface area contributed by atoms with Crippen LogP contribution in [0.2, 0.25) is 0 Å². The van der Waals surface area contributed by atoms with Crippen LogP contribution in [0, 0.1) is 0 Å². The van der Waals surface area contributed by atoms with Gasteiger partial charge in [0, 0.05) is 49.5 Å². The Bertz CT molecular complexity index is 877. The molecule has 1 unspecified atom stereocenters. The molecule has 0 aliphatic rings. The SMILES string of the molecule is CCN(CCOC)c1nc(C(C)C=Nc2ccc(-c3ccccc3)cn2)cs1. The molecule has 0 saturated carbocycles. The van der Waals surface area contributed by atoms with Crippen molar-refractivity contribution >= 4 is 28.5 Å². The van der Waals surface area contributed by atoms with Gasteiger partial charge in [-0.3, -0.25) is 0 Å². The quantitative estimate of drug-likeness (QED) is 0.469. The van der Waals surface area contributed by atoms with E-state index in [2.05, 4.69) is 52.3 Å². The summed E-state index contributed by atoms with van der Waals surface area (Å²) in [6, 6.07) is 14.2. The van der Waals surface area contributed by atoms with E-state index in [1.54, 1.807) is 18.4 Å². The van der Waals surface area contributed by atoms with Crippen molar-refractivity contribution in [2.75, 3.05) is 31.7 Å². The average molecular weight is 395 g/mol. The summed E-state index contributed by atoms with van der Waals surface area (Å²) < 4.78 is 5.18. The highest BCUT2D eigenvalue weighted by Crippen LogP contribution is 2.25. The van der Waals surface area contributed by atoms with Gasteiger partial charge in [-0.15, -0.1) is 11.3 Å². The van der Waals surface area contributed by atoms with E-state index < -0.39 is 0 Å². The fourth-order valence-electron chi connectivity index (χ4n) is 2.75. The zero-order chi connectivity index (χ0) is 19.8. The summed E-state index contributed by atoms with van der Waals surface area (Å²) in [5.74, 6) is 0.832. The summed E-state index contributed by atoms with van der Waals surface area (Å²) in [7, 11) is 1.72. The molecule has 146 valence electrons. The number of rotatable bonds is 9. The zero-order valence-electron chi connectivity index (χ0n) is 16.6. The summed E-state index contributed by atoms with van der Waals surface area (Å²) in [6.07, 6.45) is 3.78. The topological polar surface area (TPSA) is 50.6 Å². The van der Waals surface area contributed by atoms with Gasteiger partial charge in [0.25, 0.3) is 0 Å². The number of anilines is 1. The van der Waals surface area contributed by atoms with Crippen molar-refractivity contribution in [3.63, 3.8) is 0 Å². The third-order valence-corrected chi connectivity index (χ3v) is 5.40. The van der Waals surface area contributed by atoms with Crippen LogP contribution in [0.3, 0.4) is 0 Å². The molecular formula is C22H26N4OS. The van der Waals surface area contributed by atoms with Crippen LogP contribution in [-0.2, 0) is 4.74 Å². The lowest BCUT2D eigenvalue weighted by atomic mass is 10.1. The normalized spacial score (nSPS) is 12.4. The lowest BCUT2D eigenvalue weighted by Crippen LogP contribution is -2.26. The molecule has 0 spiro atoms. The summed E-state index contributed by atoms with van der Waals surface area (Å²) in [5, 5.41) is 3.13. The molecule has 6 heteroatoms. The number of methoxy groups -OCH3 is 1. The van der Waals surface area contributed by atoms with Crippen LogP contribution in [0.4, 0.5) is 10.9 Å². The van der Waals surface area contributed by atoms with Gasteiger partial charge in [0.2, 0.25) is 0 Å². The summed E-state index contributed by atoms with van der Waals surface area (Å²) in [6.45, 7) is 6.69. The molecule has 1 atom stereocenters. The number of aromatic nitrogens is 2. The first-order chi connectivity index (χ1) is 13.7. The van der Waals surface area contributed by atoms with Gasteiger partial charge in [0.05, 0.1) is 12.3 Å². The number of ether oxygens (including phenoxy) is 1. The van der Waals surface area contributed by atoms with Crippen LogP contribution in [0.1, 0.15) is 25.5 Å². The fourth-order valence-corrected chi connectivity index (χ4v) is 3.77. The lowest BCUT2D eigenvalue weighted by molar-refractivity contribution is 0.205. The van der Waals surface area contributed by atoms with E-state index in [0.29, 0.717) is 12.4 Å². The Balaban J connectivity index is 1.64. The minimum atomic E-state index is 0.127. The molecule has 1 aromatic carbocycles. The van der Waals surface area contributed by atoms with Crippen LogP contribution in [-0.4, -0.2) is 43.0 Å². The molecule has 2 aromatic heterocycles. The van der Waals surface area contributed by atoms with Crippen molar-refractivity contribution in [3.8, 4) is 11.1 Å². The van der Waals surface area contributed by atoms with E-state index in [0.717, 1.165) is 35.0 Å². The first kappa shape index (κ1) is 20.2. The van der Waals surface area contributed by atoms with Gasteiger partial charge in [-0.2, -0.15) is 0 Å². The van der Waals surface area contributed by atoms with Crippen LogP contribution in [0.5, 0.6) is 0 Å². The number of pyridine rings is 1. The summed E-state index contributed by atoms with van der Waals surface area (Å²) >= 11 is 1.66. The molecule has 0 aliphatic carbocycles. The number of hydrogen-bond acceptors (Lipinski definition) is 6. The Hall–Kier alpha value is -2.57. The Morgan fingerprint density at radius 3 is 2.68 bits per heavy atom. The van der Waals surface area contributed by atoms with Gasteiger partial charge in [0.1, 0.15) is 0 Å². The van der Waals surface area contributed by atoms with Crippen molar-refractivity contribution in [1.29, 1.82) is 0 Å². The van der Waals surface area contributed by atoms with Crippen molar-refractivity contribution in [1.82, 2.24) is 9.97 Å². The van der Waals surface area contributed by atoms with Crippen molar-refractivity contribution in [2.24, 2.45) is 4.99 Å². The first-order valence-corrected chi connectivity index (χ1v) is 10.3. The third kappa shape index (κ3) is 5.24. The predicted octanol–water partition coefficient (Wildman–Crippen LogP) is 5.18. The fraction of sp³-hybridized carbons (Fsp3) is 0.318. The first-order valence-electron chi connectivity index (χ1n) is 9.46. The van der Waals surface area contributed by atoms with E-state index in [9.17, 15) is 0 Å². The molecule has 0 amide bonds. The van der Waals surface area contributed by atoms with Crippen molar-refractivity contribution in [3.05, 3.63) is 59.7 Å². The number of hydrogen-bond donors (Lipinski definition) is 0. The molecule has 0 N–H and O–H groups in total. The molecule has 28 heavy (non-hydrogen) atoms. The predicted molar refractivity (Wildman–Crippen MR) is 118 cm³/mol. The Labute approximate surface area is 170 Å². The summed E-state index contributed by atoms with van der Waals surface area (Å²) in [4.78, 5) is 16.0. The minimum Gasteiger partial charge on any atom is -0.383 e. The molecule has 5 nitrogen and oxygen atoms in total. The van der Waals surface area contributed by atoms with Gasteiger partial charge < -0.3 is 9.64 Å². The van der Waals surface area contributed by atoms with Crippen LogP contribution < -0.4 is 4.90 Å². The van der Waals surface area contributed by atoms with E-state index in [-0.39, 0.29) is 5.92 Å². The highest BCUT2D eigenvalue weighted by Gasteiger charge is 2.12. The van der Waals surface area contributed by atoms with Gasteiger partial charge in [-0.25, -0.2) is 15.0 Å². The van der Waals surface area contributed by atoms with Gasteiger partial charge in [-0.1, -0.05) is 37.3 Å². The van der Waals surface area contributed by atoms with E-state index in [1.807, 2.05) is 36.7 Å². The van der Waals surface area contributed by atoms with Crippen LogP contribution in [0.25, 0.3) is 11.1 Å². The maximum absolute atomic E-state index is 5.18. The van der Waals surface area contributed by atoms with Crippen molar-refractivity contribution < 1.29 is 4.74 Å². The smallest absolute Gasteiger partial charge is 0.185 e. The maximum Gasteiger partial charge on any atom is 0.185 e. The minimum absolute atomic E-state index is 0.127. The molecule has 0 aliphatic heterocycles. The van der Waals surface area contributed by atoms with Gasteiger partial charge in [-0.05, 0) is 24.6 Å². The molecule has 0 bridgehead atoms. The monoisotopic (exact) mass is 394 g/mol. The highest BCUT2D eigenvalue weighted by atomic mass is 32.1. The Morgan fingerprint density at radius 2 is 2.00 bits per heavy atom. The molecule has 0 fully saturated rings. The average Bonchev–Trinajstić information content (AvgIpc) is 3.24. The van der Waals surface area contributed by atoms with E-state index in [1.165, 1.54) is 0 Å². The Kier molecular flexibility index (Phi) is 7.28. The zero-order valence-corrected chi connectivity index (χ0v) is 17.4. The van der Waals surface area contributed by atoms with Gasteiger partial charge >= 0.3 is 0 Å². The van der Waals surface area contributed by atoms with Gasteiger partial charge in [0.15, 0.2) is 10.9 Å². The molecule has 0 radical (unpaired) electrons. The lowest BCUT2D eigenvalue weighted by Gasteiger charge is -2.18. The van der Waals surface area contributed by atoms with Crippen LogP contribution in [0.15, 0.2) is 59.0 Å². The maximum atomic E-state index is 5.18. The number of thiazole rings is 1. The molecule has 0 saturated heterocycles. The molecule has 3 rings (SSSR count). The second-order valence-electron chi connectivity index (χ2n) is 6.47. The number of benzene rings is 1. The third-order valence-electron chi connectivity index (χ3n) is 4.48. The second-order valence-corrected chi connectivity index (χ2v) is 7.30. The molecule has 2 heterocycles. The van der Waals surface area contributed by atoms with E-state index in [4.69, 9.17) is 9.72 Å². The molecular weight excluding hydrogens is 368 g/mol. The highest BCUT2D eigenvalue weighted by molar-refractivity contribution is 7.13. The number of nitrogens with zero attached hydrogens (tertiary/aromatic N) is 4.